The van der Waals surface area contributed by atoms with E-state index in [-0.39, 0.29) is 11.6 Å². The predicted molar refractivity (Wildman–Crippen MR) is 124 cm³/mol. The Balaban J connectivity index is 1.53. The van der Waals surface area contributed by atoms with Gasteiger partial charge in [0.05, 0.1) is 35.0 Å². The van der Waals surface area contributed by atoms with Crippen molar-refractivity contribution in [2.75, 3.05) is 17.6 Å². The number of pyridine rings is 1. The monoisotopic (exact) mass is 431 g/mol. The highest BCUT2D eigenvalue weighted by Gasteiger charge is 2.15. The minimum atomic E-state index is -0.379. The maximum atomic E-state index is 12.5. The van der Waals surface area contributed by atoms with Crippen LogP contribution in [0.1, 0.15) is 28.4 Å². The number of anilines is 2. The Morgan fingerprint density at radius 2 is 2.09 bits per heavy atom. The van der Waals surface area contributed by atoms with Crippen LogP contribution in [0.4, 0.5) is 11.5 Å². The minimum Gasteiger partial charge on any atom is -0.382 e. The molecule has 0 aromatic carbocycles. The Bertz CT molecular complexity index is 1130. The molecule has 9 heteroatoms. The first-order chi connectivity index (χ1) is 15.5. The van der Waals surface area contributed by atoms with Crippen molar-refractivity contribution >= 4 is 17.4 Å². The quantitative estimate of drug-likeness (QED) is 0.346. The number of rotatable bonds is 9. The summed E-state index contributed by atoms with van der Waals surface area (Å²) in [5.74, 6) is 0.740. The van der Waals surface area contributed by atoms with Crippen molar-refractivity contribution in [2.45, 2.75) is 20.3 Å². The summed E-state index contributed by atoms with van der Waals surface area (Å²) >= 11 is 0. The molecule has 1 amide bonds. The van der Waals surface area contributed by atoms with Gasteiger partial charge >= 0.3 is 0 Å². The van der Waals surface area contributed by atoms with Crippen molar-refractivity contribution in [3.05, 3.63) is 84.5 Å². The first-order valence-electron chi connectivity index (χ1n) is 10.00. The molecule has 3 heterocycles. The van der Waals surface area contributed by atoms with Crippen LogP contribution in [0, 0.1) is 13.8 Å². The lowest BCUT2D eigenvalue weighted by molar-refractivity contribution is 0.0962. The summed E-state index contributed by atoms with van der Waals surface area (Å²) in [6, 6.07) is 3.70. The van der Waals surface area contributed by atoms with Crippen LogP contribution in [-0.4, -0.2) is 32.6 Å². The summed E-state index contributed by atoms with van der Waals surface area (Å²) in [4.78, 5) is 25.0. The molecule has 0 atom stereocenters. The van der Waals surface area contributed by atoms with Crippen molar-refractivity contribution in [3.8, 4) is 11.3 Å². The Labute approximate surface area is 186 Å². The van der Waals surface area contributed by atoms with E-state index in [0.717, 1.165) is 23.4 Å². The molecule has 3 rings (SSSR count). The fraction of sp³-hybridized carbons (Fsp3) is 0.174. The van der Waals surface area contributed by atoms with Crippen LogP contribution in [-0.2, 0) is 0 Å². The summed E-state index contributed by atoms with van der Waals surface area (Å²) in [5, 5.41) is 9.89. The number of aryl methyl sites for hydroxylation is 2. The van der Waals surface area contributed by atoms with Crippen molar-refractivity contribution in [1.29, 1.82) is 0 Å². The van der Waals surface area contributed by atoms with Gasteiger partial charge in [0.15, 0.2) is 0 Å². The van der Waals surface area contributed by atoms with Crippen LogP contribution in [0.2, 0.25) is 0 Å². The summed E-state index contributed by atoms with van der Waals surface area (Å²) in [6.45, 7) is 8.06. The molecule has 0 radical (unpaired) electrons. The number of aromatic nitrogens is 4. The van der Waals surface area contributed by atoms with E-state index >= 15 is 0 Å². The molecule has 32 heavy (non-hydrogen) atoms. The van der Waals surface area contributed by atoms with Crippen molar-refractivity contribution in [2.24, 2.45) is 0 Å². The molecule has 4 N–H and O–H groups in total. The van der Waals surface area contributed by atoms with Gasteiger partial charge in [-0.2, -0.15) is 0 Å². The van der Waals surface area contributed by atoms with Gasteiger partial charge < -0.3 is 20.9 Å². The first kappa shape index (κ1) is 22.4. The number of nitrogens with one attached hydrogen (secondary N) is 2. The third kappa shape index (κ3) is 5.66. The SMILES string of the molecule is C=C/C(=C\C=C/CCNc1cccnc1N)NC(=O)c1cnc(-c2c(C)noc2C)cn1. The van der Waals surface area contributed by atoms with E-state index in [1.807, 2.05) is 31.2 Å². The number of hydrogen-bond donors (Lipinski definition) is 3. The molecule has 164 valence electrons. The lowest BCUT2D eigenvalue weighted by atomic mass is 10.1. The van der Waals surface area contributed by atoms with Gasteiger partial charge in [0.25, 0.3) is 5.91 Å². The first-order valence-corrected chi connectivity index (χ1v) is 10.00. The van der Waals surface area contributed by atoms with Gasteiger partial charge in [0, 0.05) is 18.4 Å². The molecule has 0 saturated carbocycles. The van der Waals surface area contributed by atoms with Crippen molar-refractivity contribution < 1.29 is 9.32 Å². The standard InChI is InChI=1S/C23H25N7O2/c1-4-17(9-6-5-7-11-25-18-10-8-12-26-22(18)24)29-23(31)20-14-27-19(13-28-20)21-15(2)30-32-16(21)3/h4-6,8-10,12-14,25H,1,7,11H2,2-3H3,(H2,24,26)(H,29,31)/b6-5-,17-9+. The zero-order valence-corrected chi connectivity index (χ0v) is 18.0. The second-order valence-corrected chi connectivity index (χ2v) is 6.85. The largest absolute Gasteiger partial charge is 0.382 e. The van der Waals surface area contributed by atoms with Gasteiger partial charge in [-0.15, -0.1) is 0 Å². The number of hydrogen-bond acceptors (Lipinski definition) is 8. The summed E-state index contributed by atoms with van der Waals surface area (Å²) in [6.07, 6.45) is 12.5. The van der Waals surface area contributed by atoms with Gasteiger partial charge in [0.2, 0.25) is 0 Å². The number of nitrogens with zero attached hydrogens (tertiary/aromatic N) is 4. The summed E-state index contributed by atoms with van der Waals surface area (Å²) in [5.41, 5.74) is 9.43. The van der Waals surface area contributed by atoms with Crippen molar-refractivity contribution in [3.63, 3.8) is 0 Å². The molecule has 0 aliphatic carbocycles. The van der Waals surface area contributed by atoms with E-state index in [1.54, 1.807) is 25.3 Å². The lowest BCUT2D eigenvalue weighted by Crippen LogP contribution is -2.23. The second kappa shape index (κ2) is 10.7. The molecule has 0 aliphatic heterocycles. The third-order valence-corrected chi connectivity index (χ3v) is 4.53. The zero-order chi connectivity index (χ0) is 22.9. The minimum absolute atomic E-state index is 0.190. The number of nitrogens with two attached hydrogens (primary N) is 1. The molecule has 3 aromatic rings. The Hall–Kier alpha value is -4.27. The zero-order valence-electron chi connectivity index (χ0n) is 18.0. The molecule has 9 nitrogen and oxygen atoms in total. The number of carbonyl (C=O) groups is 1. The number of carbonyl (C=O) groups excluding carboxylic acids is 1. The topological polar surface area (TPSA) is 132 Å². The second-order valence-electron chi connectivity index (χ2n) is 6.85. The molecular formula is C23H25N7O2. The highest BCUT2D eigenvalue weighted by atomic mass is 16.5. The number of nitrogen functional groups attached to an aromatic ring is 1. The predicted octanol–water partition coefficient (Wildman–Crippen LogP) is 3.58. The fourth-order valence-corrected chi connectivity index (χ4v) is 2.90. The molecule has 0 aliphatic rings. The fourth-order valence-electron chi connectivity index (χ4n) is 2.90. The molecular weight excluding hydrogens is 406 g/mol. The van der Waals surface area contributed by atoms with Gasteiger partial charge in [-0.05, 0) is 44.6 Å². The average Bonchev–Trinajstić information content (AvgIpc) is 3.14. The van der Waals surface area contributed by atoms with Gasteiger partial charge in [-0.1, -0.05) is 23.9 Å². The van der Waals surface area contributed by atoms with E-state index in [1.165, 1.54) is 12.4 Å². The van der Waals surface area contributed by atoms with Crippen LogP contribution in [0.3, 0.4) is 0 Å². The van der Waals surface area contributed by atoms with Gasteiger partial charge in [-0.3, -0.25) is 9.78 Å². The van der Waals surface area contributed by atoms with E-state index < -0.39 is 0 Å². The van der Waals surface area contributed by atoms with Gasteiger partial charge in [-0.25, -0.2) is 9.97 Å². The number of amides is 1. The normalized spacial score (nSPS) is 11.5. The van der Waals surface area contributed by atoms with Crippen LogP contribution < -0.4 is 16.4 Å². The van der Waals surface area contributed by atoms with Crippen LogP contribution in [0.5, 0.6) is 0 Å². The van der Waals surface area contributed by atoms with E-state index in [9.17, 15) is 4.79 Å². The average molecular weight is 432 g/mol. The van der Waals surface area contributed by atoms with Crippen LogP contribution in [0.15, 0.2) is 71.8 Å². The van der Waals surface area contributed by atoms with Crippen LogP contribution in [0.25, 0.3) is 11.3 Å². The maximum Gasteiger partial charge on any atom is 0.275 e. The van der Waals surface area contributed by atoms with Crippen LogP contribution >= 0.6 is 0 Å². The number of allylic oxidation sites excluding steroid dienone is 3. The lowest BCUT2D eigenvalue weighted by Gasteiger charge is -2.06. The molecule has 0 bridgehead atoms. The Morgan fingerprint density at radius 1 is 1.25 bits per heavy atom. The molecule has 0 fully saturated rings. The van der Waals surface area contributed by atoms with Crippen molar-refractivity contribution in [1.82, 2.24) is 25.4 Å². The van der Waals surface area contributed by atoms with E-state index in [2.05, 4.69) is 37.3 Å². The Morgan fingerprint density at radius 3 is 2.75 bits per heavy atom. The molecule has 3 aromatic heterocycles. The molecule has 0 spiro atoms. The van der Waals surface area contributed by atoms with E-state index in [0.29, 0.717) is 29.5 Å². The summed E-state index contributed by atoms with van der Waals surface area (Å²) in [7, 11) is 0. The van der Waals surface area contributed by atoms with Gasteiger partial charge in [0.1, 0.15) is 17.3 Å². The molecule has 0 saturated heterocycles. The maximum absolute atomic E-state index is 12.5. The summed E-state index contributed by atoms with van der Waals surface area (Å²) < 4.78 is 5.15. The smallest absolute Gasteiger partial charge is 0.275 e. The third-order valence-electron chi connectivity index (χ3n) is 4.53. The van der Waals surface area contributed by atoms with E-state index in [4.69, 9.17) is 10.3 Å². The molecule has 0 unspecified atom stereocenters. The highest BCUT2D eigenvalue weighted by molar-refractivity contribution is 5.93. The Kier molecular flexibility index (Phi) is 7.47. The highest BCUT2D eigenvalue weighted by Crippen LogP contribution is 2.24.